The highest BCUT2D eigenvalue weighted by Crippen LogP contribution is 2.47. The van der Waals surface area contributed by atoms with Gasteiger partial charge in [0.05, 0.1) is 31.5 Å². The molecule has 0 bridgehead atoms. The van der Waals surface area contributed by atoms with Crippen LogP contribution in [0, 0.1) is 23.6 Å². The number of nitrogens with zero attached hydrogens (tertiary/aromatic N) is 3. The van der Waals surface area contributed by atoms with Gasteiger partial charge in [-0.25, -0.2) is 22.6 Å². The summed E-state index contributed by atoms with van der Waals surface area (Å²) in [6, 6.07) is 0.260. The molecule has 2 aliphatic carbocycles. The molecule has 1 aromatic heterocycles. The van der Waals surface area contributed by atoms with E-state index in [1.807, 2.05) is 6.92 Å². The van der Waals surface area contributed by atoms with Gasteiger partial charge in [0.2, 0.25) is 27.7 Å². The van der Waals surface area contributed by atoms with Crippen molar-refractivity contribution < 1.29 is 64.5 Å². The summed E-state index contributed by atoms with van der Waals surface area (Å²) in [7, 11) is -1.46. The molecule has 0 radical (unpaired) electrons. The Morgan fingerprint density at radius 1 is 1.08 bits per heavy atom. The maximum atomic E-state index is 15.2. The minimum atomic E-state index is -5.13. The molecule has 1 aromatic carbocycles. The molecule has 3 heterocycles. The van der Waals surface area contributed by atoms with Crippen LogP contribution in [0.25, 0.3) is 10.9 Å². The van der Waals surface area contributed by atoms with E-state index in [9.17, 15) is 41.1 Å². The summed E-state index contributed by atoms with van der Waals surface area (Å²) in [6.07, 6.45) is -3.17. The van der Waals surface area contributed by atoms with Gasteiger partial charge in [-0.15, -0.1) is 0 Å². The fraction of sp³-hybridized carbons (Fsp3) is 0.625. The number of rotatable bonds is 10. The molecule has 4 amide bonds. The molecule has 0 unspecified atom stereocenters. The molecule has 3 fully saturated rings. The molecule has 2 saturated carbocycles. The maximum absolute atomic E-state index is 15.2. The largest absolute Gasteiger partial charge is 0.494 e. The Morgan fingerprint density at radius 2 is 1.78 bits per heavy atom. The number of amides is 4. The highest BCUT2D eigenvalue weighted by atomic mass is 32.2. The average Bonchev–Trinajstić information content (AvgIpc) is 4.10. The first-order chi connectivity index (χ1) is 28.1. The van der Waals surface area contributed by atoms with Crippen LogP contribution in [0.4, 0.5) is 22.4 Å². The summed E-state index contributed by atoms with van der Waals surface area (Å²) < 4.78 is 104. The Labute approximate surface area is 345 Å². The Morgan fingerprint density at radius 3 is 2.38 bits per heavy atom. The average molecular weight is 870 g/mol. The second kappa shape index (κ2) is 16.5. The van der Waals surface area contributed by atoms with E-state index in [0.717, 1.165) is 11.0 Å². The van der Waals surface area contributed by atoms with Crippen molar-refractivity contribution in [2.24, 2.45) is 17.8 Å². The van der Waals surface area contributed by atoms with Crippen LogP contribution in [-0.4, -0.2) is 114 Å². The molecular weight excluding hydrogens is 819 g/mol. The van der Waals surface area contributed by atoms with E-state index in [2.05, 4.69) is 15.0 Å². The van der Waals surface area contributed by atoms with Crippen LogP contribution in [0.2, 0.25) is 0 Å². The van der Waals surface area contributed by atoms with Crippen molar-refractivity contribution in [1.29, 1.82) is 0 Å². The number of alkyl halides is 3. The van der Waals surface area contributed by atoms with Gasteiger partial charge in [0.15, 0.2) is 11.6 Å². The van der Waals surface area contributed by atoms with Crippen molar-refractivity contribution in [2.45, 2.75) is 120 Å². The summed E-state index contributed by atoms with van der Waals surface area (Å²) in [6.45, 7) is 4.38. The summed E-state index contributed by atoms with van der Waals surface area (Å²) in [5.41, 5.74) is -4.64. The van der Waals surface area contributed by atoms with Gasteiger partial charge >= 0.3 is 12.3 Å². The number of halogens is 4. The summed E-state index contributed by atoms with van der Waals surface area (Å²) >= 11 is 0. The van der Waals surface area contributed by atoms with E-state index in [0.29, 0.717) is 39.5 Å². The van der Waals surface area contributed by atoms with E-state index >= 15 is 9.18 Å². The summed E-state index contributed by atoms with van der Waals surface area (Å²) in [5, 5.41) is 12.6. The smallest absolute Gasteiger partial charge is 0.411 e. The van der Waals surface area contributed by atoms with Gasteiger partial charge in [-0.2, -0.15) is 13.2 Å². The summed E-state index contributed by atoms with van der Waals surface area (Å²) in [4.78, 5) is 62.1. The van der Waals surface area contributed by atoms with Crippen molar-refractivity contribution in [3.05, 3.63) is 36.2 Å². The Balaban J connectivity index is 1.46. The zero-order chi connectivity index (χ0) is 44.1. The van der Waals surface area contributed by atoms with Gasteiger partial charge in [-0.1, -0.05) is 32.4 Å². The predicted molar refractivity (Wildman–Crippen MR) is 208 cm³/mol. The fourth-order valence-electron chi connectivity index (χ4n) is 8.38. The number of ether oxygens (including phenoxy) is 3. The fourth-order valence-corrected chi connectivity index (χ4v) is 9.75. The zero-order valence-electron chi connectivity index (χ0n) is 34.2. The highest BCUT2D eigenvalue weighted by molar-refractivity contribution is 7.91. The number of hydrogen-bond donors (Lipinski definition) is 3. The van der Waals surface area contributed by atoms with E-state index in [1.54, 1.807) is 19.1 Å². The maximum Gasteiger partial charge on any atom is 0.411 e. The molecule has 15 nitrogen and oxygen atoms in total. The minimum Gasteiger partial charge on any atom is -0.494 e. The van der Waals surface area contributed by atoms with Gasteiger partial charge in [0.1, 0.15) is 35.0 Å². The number of carbonyl (C=O) groups is 4. The lowest BCUT2D eigenvalue weighted by atomic mass is 9.82. The lowest BCUT2D eigenvalue weighted by Crippen LogP contribution is -2.66. The number of allylic oxidation sites excluding steroid dienone is 1. The van der Waals surface area contributed by atoms with E-state index in [4.69, 9.17) is 14.2 Å². The molecule has 7 atom stereocenters. The number of nitrogens with one attached hydrogen (secondary N) is 2. The molecule has 4 aliphatic rings. The third-order valence-electron chi connectivity index (χ3n) is 12.2. The standard InChI is InChI=1S/C40H51F4N5O10S/c1-7-22-14-21(2)10-8-9-11-23-19-39(23,36(52)47-60(55,56)25-12-13-25)46-34(50)29-15-24(20-48(29)35(51)33(22)49(37(53)54)38(3,4)40(42,43)44)59-30-18-32(58-6)45-28-17-31(57-5)27(41)16-26(28)30/h9,11,16-18,21-25,29,33H,7-8,10,12-15,19-20H2,1-6H3,(H,46,50)(H,47,52)(H,53,54)/t21-,22-,23-,24-,29+,33+,39-/m1/s1. The number of aromatic nitrogens is 1. The van der Waals surface area contributed by atoms with E-state index < -0.39 is 98.7 Å². The van der Waals surface area contributed by atoms with Crippen LogP contribution in [0.15, 0.2) is 30.4 Å². The molecule has 3 N–H and O–H groups in total. The molecule has 2 aromatic rings. The number of carbonyl (C=O) groups excluding carboxylic acids is 3. The number of sulfonamides is 1. The van der Waals surface area contributed by atoms with Crippen LogP contribution in [0.3, 0.4) is 0 Å². The van der Waals surface area contributed by atoms with Crippen LogP contribution >= 0.6 is 0 Å². The SMILES string of the molecule is CC[C@@H]1C[C@H](C)CCC=C[C@@H]2C[C@@]2(C(=O)NS(=O)(=O)C2CC2)NC(=O)[C@@H]2C[C@@H](Oc3cc(OC)nc4cc(OC)c(F)cc34)CN2C(=O)[C@H]1N(C(=O)O)C(C)(C)C(F)(F)F. The minimum absolute atomic E-state index is 0.00898. The van der Waals surface area contributed by atoms with Crippen LogP contribution in [0.1, 0.15) is 79.1 Å². The molecular formula is C40H51F4N5O10S. The predicted octanol–water partition coefficient (Wildman–Crippen LogP) is 5.31. The molecule has 60 heavy (non-hydrogen) atoms. The van der Waals surface area contributed by atoms with Crippen molar-refractivity contribution >= 4 is 44.7 Å². The number of carboxylic acid groups (broad SMARTS) is 1. The van der Waals surface area contributed by atoms with Crippen LogP contribution < -0.4 is 24.2 Å². The lowest BCUT2D eigenvalue weighted by Gasteiger charge is -2.46. The van der Waals surface area contributed by atoms with Crippen molar-refractivity contribution in [2.75, 3.05) is 20.8 Å². The number of benzene rings is 1. The monoisotopic (exact) mass is 869 g/mol. The molecule has 20 heteroatoms. The van der Waals surface area contributed by atoms with E-state index in [-0.39, 0.29) is 64.8 Å². The molecule has 6 rings (SSSR count). The van der Waals surface area contributed by atoms with Gasteiger partial charge in [-0.05, 0) is 70.3 Å². The second-order valence-corrected chi connectivity index (χ2v) is 18.7. The molecule has 330 valence electrons. The number of hydrogen-bond acceptors (Lipinski definition) is 10. The van der Waals surface area contributed by atoms with E-state index in [1.165, 1.54) is 26.4 Å². The van der Waals surface area contributed by atoms with Crippen molar-refractivity contribution in [3.63, 3.8) is 0 Å². The third kappa shape index (κ3) is 8.66. The summed E-state index contributed by atoms with van der Waals surface area (Å²) in [5.74, 6) is -5.66. The van der Waals surface area contributed by atoms with Crippen LogP contribution in [-0.2, 0) is 24.4 Å². The topological polar surface area (TPSA) is 194 Å². The third-order valence-corrected chi connectivity index (χ3v) is 14.1. The van der Waals surface area contributed by atoms with Gasteiger partial charge in [-0.3, -0.25) is 24.0 Å². The van der Waals surface area contributed by atoms with Gasteiger partial charge in [0.25, 0.3) is 5.91 Å². The highest BCUT2D eigenvalue weighted by Gasteiger charge is 2.63. The van der Waals surface area contributed by atoms with Crippen molar-refractivity contribution in [3.8, 4) is 17.4 Å². The molecule has 1 saturated heterocycles. The molecule has 0 spiro atoms. The first kappa shape index (κ1) is 44.7. The first-order valence-corrected chi connectivity index (χ1v) is 21.5. The Kier molecular flexibility index (Phi) is 12.3. The van der Waals surface area contributed by atoms with Crippen molar-refractivity contribution in [1.82, 2.24) is 24.8 Å². The Hall–Kier alpha value is -4.88. The Bertz CT molecular complexity index is 2170. The first-order valence-electron chi connectivity index (χ1n) is 19.9. The van der Waals surface area contributed by atoms with Crippen LogP contribution in [0.5, 0.6) is 17.4 Å². The quantitative estimate of drug-likeness (QED) is 0.207. The second-order valence-electron chi connectivity index (χ2n) is 16.8. The normalized spacial score (nSPS) is 27.8. The lowest BCUT2D eigenvalue weighted by molar-refractivity contribution is -0.222. The zero-order valence-corrected chi connectivity index (χ0v) is 35.0. The number of methoxy groups -OCH3 is 2. The number of pyridine rings is 1. The molecule has 2 aliphatic heterocycles. The van der Waals surface area contributed by atoms with Gasteiger partial charge in [0, 0.05) is 29.9 Å². The number of fused-ring (bicyclic) bond motifs is 3. The van der Waals surface area contributed by atoms with Gasteiger partial charge < -0.3 is 29.5 Å².